The van der Waals surface area contributed by atoms with Gasteiger partial charge in [-0.15, -0.1) is 11.3 Å². The average Bonchev–Trinajstić information content (AvgIpc) is 3.42. The van der Waals surface area contributed by atoms with E-state index in [1.807, 2.05) is 37.4 Å². The van der Waals surface area contributed by atoms with E-state index in [1.165, 1.54) is 17.4 Å². The van der Waals surface area contributed by atoms with Crippen molar-refractivity contribution in [3.05, 3.63) is 87.0 Å². The second-order valence-corrected chi connectivity index (χ2v) is 8.13. The zero-order valence-electron chi connectivity index (χ0n) is 17.5. The summed E-state index contributed by atoms with van der Waals surface area (Å²) in [5.41, 5.74) is 6.14. The highest BCUT2D eigenvalue weighted by Crippen LogP contribution is 2.20. The molecule has 32 heavy (non-hydrogen) atoms. The van der Waals surface area contributed by atoms with Gasteiger partial charge in [-0.1, -0.05) is 12.1 Å². The van der Waals surface area contributed by atoms with E-state index in [9.17, 15) is 9.18 Å². The smallest absolute Gasteiger partial charge is 0.263 e. The van der Waals surface area contributed by atoms with Gasteiger partial charge in [-0.3, -0.25) is 9.48 Å². The Morgan fingerprint density at radius 1 is 1.25 bits per heavy atom. The standard InChI is InChI=1S/C23H19FN6OS/c1-14-7-18(11-26-21(14)9-25)20-5-6-30(29-20)12-16-3-4-17(19(24)8-16)10-27-23(31)22-15(2)28-13-32-22/h3-8,11,13H,10,12H2,1-2H3,(H,27,31). The van der Waals surface area contributed by atoms with Crippen LogP contribution in [0.5, 0.6) is 0 Å². The molecule has 9 heteroatoms. The summed E-state index contributed by atoms with van der Waals surface area (Å²) in [6, 6.07) is 10.7. The Kier molecular flexibility index (Phi) is 6.05. The highest BCUT2D eigenvalue weighted by atomic mass is 32.1. The minimum Gasteiger partial charge on any atom is -0.347 e. The number of hydrogen-bond acceptors (Lipinski definition) is 6. The van der Waals surface area contributed by atoms with Gasteiger partial charge in [-0.2, -0.15) is 10.4 Å². The summed E-state index contributed by atoms with van der Waals surface area (Å²) in [5.74, 6) is -0.645. The van der Waals surface area contributed by atoms with Crippen molar-refractivity contribution in [3.8, 4) is 17.3 Å². The topological polar surface area (TPSA) is 96.5 Å². The minimum atomic E-state index is -0.386. The van der Waals surface area contributed by atoms with Crippen LogP contribution in [0.1, 0.15) is 37.7 Å². The number of pyridine rings is 1. The molecule has 1 amide bonds. The number of carbonyl (C=O) groups is 1. The van der Waals surface area contributed by atoms with Gasteiger partial charge in [0.2, 0.25) is 0 Å². The van der Waals surface area contributed by atoms with Crippen molar-refractivity contribution in [2.45, 2.75) is 26.9 Å². The second-order valence-electron chi connectivity index (χ2n) is 7.28. The lowest BCUT2D eigenvalue weighted by Crippen LogP contribution is -2.23. The van der Waals surface area contributed by atoms with Crippen molar-refractivity contribution in [2.24, 2.45) is 0 Å². The first-order chi connectivity index (χ1) is 15.4. The molecule has 0 aliphatic carbocycles. The molecule has 0 atom stereocenters. The van der Waals surface area contributed by atoms with Gasteiger partial charge in [-0.25, -0.2) is 14.4 Å². The van der Waals surface area contributed by atoms with E-state index in [0.29, 0.717) is 28.4 Å². The molecule has 0 aliphatic rings. The van der Waals surface area contributed by atoms with Crippen molar-refractivity contribution in [1.29, 1.82) is 5.26 Å². The van der Waals surface area contributed by atoms with E-state index in [4.69, 9.17) is 5.26 Å². The zero-order chi connectivity index (χ0) is 22.7. The predicted octanol–water partition coefficient (Wildman–Crippen LogP) is 4.01. The number of thiazole rings is 1. The summed E-state index contributed by atoms with van der Waals surface area (Å²) in [6.45, 7) is 4.09. The first-order valence-corrected chi connectivity index (χ1v) is 10.7. The molecule has 1 aromatic carbocycles. The van der Waals surface area contributed by atoms with Crippen LogP contribution in [0, 0.1) is 31.0 Å². The van der Waals surface area contributed by atoms with Gasteiger partial charge in [0.05, 0.1) is 23.4 Å². The maximum atomic E-state index is 14.6. The fraction of sp³-hybridized carbons (Fsp3) is 0.174. The molecule has 3 aromatic heterocycles. The SMILES string of the molecule is Cc1cc(-c2ccn(Cc3ccc(CNC(=O)c4scnc4C)c(F)c3)n2)cnc1C#N. The van der Waals surface area contributed by atoms with E-state index in [0.717, 1.165) is 22.4 Å². The third kappa shape index (κ3) is 4.55. The van der Waals surface area contributed by atoms with Crippen LogP contribution in [-0.4, -0.2) is 25.7 Å². The molecule has 0 fully saturated rings. The molecule has 160 valence electrons. The Bertz CT molecular complexity index is 1340. The first kappa shape index (κ1) is 21.3. The Balaban J connectivity index is 1.42. The van der Waals surface area contributed by atoms with Crippen LogP contribution in [0.15, 0.2) is 48.2 Å². The lowest BCUT2D eigenvalue weighted by Gasteiger charge is -2.08. The van der Waals surface area contributed by atoms with Gasteiger partial charge in [0.15, 0.2) is 0 Å². The summed E-state index contributed by atoms with van der Waals surface area (Å²) >= 11 is 1.26. The Labute approximate surface area is 188 Å². The van der Waals surface area contributed by atoms with Gasteiger partial charge < -0.3 is 5.32 Å². The summed E-state index contributed by atoms with van der Waals surface area (Å²) in [5, 5.41) is 16.3. The number of nitriles is 1. The van der Waals surface area contributed by atoms with Gasteiger partial charge in [0.1, 0.15) is 22.5 Å². The van der Waals surface area contributed by atoms with Crippen LogP contribution in [0.3, 0.4) is 0 Å². The third-order valence-corrected chi connectivity index (χ3v) is 5.90. The van der Waals surface area contributed by atoms with E-state index >= 15 is 0 Å². The molecule has 0 aliphatic heterocycles. The number of nitrogens with one attached hydrogen (secondary N) is 1. The molecule has 0 spiro atoms. The lowest BCUT2D eigenvalue weighted by atomic mass is 10.1. The second kappa shape index (κ2) is 9.08. The number of benzene rings is 1. The number of halogens is 1. The van der Waals surface area contributed by atoms with Crippen molar-refractivity contribution in [1.82, 2.24) is 25.1 Å². The molecule has 7 nitrogen and oxygen atoms in total. The minimum absolute atomic E-state index is 0.0965. The number of rotatable bonds is 6. The largest absolute Gasteiger partial charge is 0.347 e. The third-order valence-electron chi connectivity index (χ3n) is 4.97. The number of aryl methyl sites for hydroxylation is 2. The highest BCUT2D eigenvalue weighted by Gasteiger charge is 2.13. The zero-order valence-corrected chi connectivity index (χ0v) is 18.3. The number of amides is 1. The van der Waals surface area contributed by atoms with Crippen molar-refractivity contribution in [3.63, 3.8) is 0 Å². The summed E-state index contributed by atoms with van der Waals surface area (Å²) in [4.78, 5) is 20.9. The fourth-order valence-corrected chi connectivity index (χ4v) is 3.95. The maximum Gasteiger partial charge on any atom is 0.263 e. The number of hydrogen-bond donors (Lipinski definition) is 1. The maximum absolute atomic E-state index is 14.6. The van der Waals surface area contributed by atoms with Crippen LogP contribution in [-0.2, 0) is 13.1 Å². The average molecular weight is 447 g/mol. The normalized spacial score (nSPS) is 10.7. The van der Waals surface area contributed by atoms with Gasteiger partial charge in [-0.05, 0) is 43.2 Å². The Morgan fingerprint density at radius 3 is 2.78 bits per heavy atom. The number of aromatic nitrogens is 4. The highest BCUT2D eigenvalue weighted by molar-refractivity contribution is 7.11. The monoisotopic (exact) mass is 446 g/mol. The van der Waals surface area contributed by atoms with Gasteiger partial charge in [0, 0.05) is 30.1 Å². The van der Waals surface area contributed by atoms with E-state index in [1.54, 1.807) is 29.4 Å². The molecule has 0 unspecified atom stereocenters. The lowest BCUT2D eigenvalue weighted by molar-refractivity contribution is 0.0954. The predicted molar refractivity (Wildman–Crippen MR) is 118 cm³/mol. The van der Waals surface area contributed by atoms with Crippen LogP contribution in [0.2, 0.25) is 0 Å². The molecular weight excluding hydrogens is 427 g/mol. The van der Waals surface area contributed by atoms with E-state index in [2.05, 4.69) is 20.4 Å². The van der Waals surface area contributed by atoms with Crippen LogP contribution < -0.4 is 5.32 Å². The fourth-order valence-electron chi connectivity index (χ4n) is 3.23. The van der Waals surface area contributed by atoms with E-state index in [-0.39, 0.29) is 18.3 Å². The molecule has 0 radical (unpaired) electrons. The van der Waals surface area contributed by atoms with Gasteiger partial charge in [0.25, 0.3) is 5.91 Å². The number of nitrogens with zero attached hydrogens (tertiary/aromatic N) is 5. The van der Waals surface area contributed by atoms with E-state index < -0.39 is 0 Å². The molecule has 3 heterocycles. The Hall–Kier alpha value is -3.90. The molecule has 1 N–H and O–H groups in total. The summed E-state index contributed by atoms with van der Waals surface area (Å²) < 4.78 is 16.3. The van der Waals surface area contributed by atoms with Crippen LogP contribution >= 0.6 is 11.3 Å². The molecule has 0 saturated carbocycles. The first-order valence-electron chi connectivity index (χ1n) is 9.80. The molecule has 4 rings (SSSR count). The molecule has 4 aromatic rings. The summed E-state index contributed by atoms with van der Waals surface area (Å²) in [7, 11) is 0. The van der Waals surface area contributed by atoms with Crippen molar-refractivity contribution < 1.29 is 9.18 Å². The molecule has 0 saturated heterocycles. The quantitative estimate of drug-likeness (QED) is 0.483. The summed E-state index contributed by atoms with van der Waals surface area (Å²) in [6.07, 6.45) is 3.43. The van der Waals surface area contributed by atoms with Crippen LogP contribution in [0.4, 0.5) is 4.39 Å². The van der Waals surface area contributed by atoms with Crippen molar-refractivity contribution >= 4 is 17.2 Å². The van der Waals surface area contributed by atoms with Crippen LogP contribution in [0.25, 0.3) is 11.3 Å². The molecule has 0 bridgehead atoms. The number of carbonyl (C=O) groups excluding carboxylic acids is 1. The Morgan fingerprint density at radius 2 is 2.09 bits per heavy atom. The molecular formula is C23H19FN6OS. The van der Waals surface area contributed by atoms with Gasteiger partial charge >= 0.3 is 0 Å². The van der Waals surface area contributed by atoms with Crippen molar-refractivity contribution in [2.75, 3.05) is 0 Å².